The Kier molecular flexibility index (Phi) is 4.82. The Balaban J connectivity index is 2.70. The summed E-state index contributed by atoms with van der Waals surface area (Å²) in [7, 11) is 1.41. The molecule has 17 heavy (non-hydrogen) atoms. The number of nitrogens with one attached hydrogen (secondary N) is 1. The molecule has 0 aliphatic rings. The van der Waals surface area contributed by atoms with Gasteiger partial charge in [0, 0.05) is 30.8 Å². The highest BCUT2D eigenvalue weighted by atomic mass is 16.6. The van der Waals surface area contributed by atoms with Crippen LogP contribution in [0, 0.1) is 22.5 Å². The minimum absolute atomic E-state index is 0.0401. The van der Waals surface area contributed by atoms with Gasteiger partial charge in [-0.25, -0.2) is 0 Å². The molecule has 5 nitrogen and oxygen atoms in total. The minimum Gasteiger partial charge on any atom is -0.490 e. The van der Waals surface area contributed by atoms with Crippen molar-refractivity contribution in [1.29, 1.82) is 0 Å². The average molecular weight is 234 g/mol. The van der Waals surface area contributed by atoms with Crippen molar-refractivity contribution >= 4 is 11.4 Å². The van der Waals surface area contributed by atoms with Crippen molar-refractivity contribution in [2.45, 2.75) is 12.8 Å². The third-order valence-electron chi connectivity index (χ3n) is 2.20. The van der Waals surface area contributed by atoms with E-state index in [0.29, 0.717) is 6.42 Å². The van der Waals surface area contributed by atoms with Gasteiger partial charge in [-0.1, -0.05) is 0 Å². The number of anilines is 1. The number of hydrogen-bond acceptors (Lipinski definition) is 4. The maximum absolute atomic E-state index is 10.7. The lowest BCUT2D eigenvalue weighted by Crippen LogP contribution is -2.02. The molecule has 1 N–H and O–H groups in total. The SMILES string of the molecule is C#CCCCNc1ccc([N+](=O)[O-])c(OC)c1. The van der Waals surface area contributed by atoms with Crippen LogP contribution in [-0.4, -0.2) is 18.6 Å². The number of hydrogen-bond donors (Lipinski definition) is 1. The second kappa shape index (κ2) is 6.38. The summed E-state index contributed by atoms with van der Waals surface area (Å²) in [6.45, 7) is 0.727. The van der Waals surface area contributed by atoms with E-state index in [-0.39, 0.29) is 11.4 Å². The van der Waals surface area contributed by atoms with Crippen LogP contribution in [-0.2, 0) is 0 Å². The second-order valence-corrected chi connectivity index (χ2v) is 3.38. The van der Waals surface area contributed by atoms with Crippen molar-refractivity contribution in [2.75, 3.05) is 19.0 Å². The van der Waals surface area contributed by atoms with E-state index in [1.54, 1.807) is 12.1 Å². The van der Waals surface area contributed by atoms with Gasteiger partial charge in [-0.2, -0.15) is 0 Å². The third kappa shape index (κ3) is 3.68. The van der Waals surface area contributed by atoms with Crippen LogP contribution < -0.4 is 10.1 Å². The highest BCUT2D eigenvalue weighted by molar-refractivity contribution is 5.57. The molecule has 1 aromatic carbocycles. The van der Waals surface area contributed by atoms with Gasteiger partial charge in [0.2, 0.25) is 0 Å². The quantitative estimate of drug-likeness (QED) is 0.355. The number of nitro groups is 1. The van der Waals surface area contributed by atoms with Crippen molar-refractivity contribution in [3.63, 3.8) is 0 Å². The van der Waals surface area contributed by atoms with Crippen LogP contribution in [0.3, 0.4) is 0 Å². The van der Waals surface area contributed by atoms with E-state index < -0.39 is 4.92 Å². The fraction of sp³-hybridized carbons (Fsp3) is 0.333. The number of terminal acetylenes is 1. The Bertz CT molecular complexity index is 438. The van der Waals surface area contributed by atoms with Crippen molar-refractivity contribution in [1.82, 2.24) is 0 Å². The van der Waals surface area contributed by atoms with E-state index in [0.717, 1.165) is 18.7 Å². The lowest BCUT2D eigenvalue weighted by Gasteiger charge is -2.07. The molecule has 90 valence electrons. The van der Waals surface area contributed by atoms with Gasteiger partial charge in [0.25, 0.3) is 0 Å². The zero-order valence-corrected chi connectivity index (χ0v) is 9.60. The first-order valence-electron chi connectivity index (χ1n) is 5.18. The molecule has 0 atom stereocenters. The number of methoxy groups -OCH3 is 1. The smallest absolute Gasteiger partial charge is 0.311 e. The lowest BCUT2D eigenvalue weighted by molar-refractivity contribution is -0.385. The normalized spacial score (nSPS) is 9.41. The molecular formula is C12H14N2O3. The molecule has 1 aromatic rings. The molecule has 0 spiro atoms. The summed E-state index contributed by atoms with van der Waals surface area (Å²) in [5.74, 6) is 2.79. The number of ether oxygens (including phenoxy) is 1. The maximum atomic E-state index is 10.7. The fourth-order valence-electron chi connectivity index (χ4n) is 1.36. The van der Waals surface area contributed by atoms with Crippen molar-refractivity contribution in [3.8, 4) is 18.1 Å². The number of benzene rings is 1. The van der Waals surface area contributed by atoms with Gasteiger partial charge < -0.3 is 10.1 Å². The van der Waals surface area contributed by atoms with Gasteiger partial charge in [-0.15, -0.1) is 12.3 Å². The van der Waals surface area contributed by atoms with E-state index >= 15 is 0 Å². The van der Waals surface area contributed by atoms with E-state index in [9.17, 15) is 10.1 Å². The second-order valence-electron chi connectivity index (χ2n) is 3.38. The molecule has 0 saturated heterocycles. The summed E-state index contributed by atoms with van der Waals surface area (Å²) in [5.41, 5.74) is 0.742. The highest BCUT2D eigenvalue weighted by Crippen LogP contribution is 2.29. The fourth-order valence-corrected chi connectivity index (χ4v) is 1.36. The molecule has 0 aliphatic carbocycles. The van der Waals surface area contributed by atoms with Crippen LogP contribution in [0.25, 0.3) is 0 Å². The Morgan fingerprint density at radius 2 is 2.35 bits per heavy atom. The standard InChI is InChI=1S/C12H14N2O3/c1-3-4-5-8-13-10-6-7-11(14(15)16)12(9-10)17-2/h1,6-7,9,13H,4-5,8H2,2H3. The summed E-state index contributed by atoms with van der Waals surface area (Å²) in [5, 5.41) is 13.8. The third-order valence-corrected chi connectivity index (χ3v) is 2.20. The van der Waals surface area contributed by atoms with Gasteiger partial charge in [0.15, 0.2) is 5.75 Å². The van der Waals surface area contributed by atoms with Crippen LogP contribution in [0.4, 0.5) is 11.4 Å². The Hall–Kier alpha value is -2.22. The molecule has 0 unspecified atom stereocenters. The van der Waals surface area contributed by atoms with Crippen LogP contribution in [0.1, 0.15) is 12.8 Å². The molecule has 0 fully saturated rings. The van der Waals surface area contributed by atoms with Gasteiger partial charge in [0.1, 0.15) is 0 Å². The van der Waals surface area contributed by atoms with Gasteiger partial charge in [0.05, 0.1) is 12.0 Å². The number of nitro benzene ring substituents is 1. The first kappa shape index (κ1) is 12.8. The van der Waals surface area contributed by atoms with Gasteiger partial charge >= 0.3 is 5.69 Å². The number of unbranched alkanes of at least 4 members (excludes halogenated alkanes) is 1. The number of nitrogens with zero attached hydrogens (tertiary/aromatic N) is 1. The largest absolute Gasteiger partial charge is 0.490 e. The van der Waals surface area contributed by atoms with E-state index in [2.05, 4.69) is 11.2 Å². The lowest BCUT2D eigenvalue weighted by atomic mass is 10.2. The molecule has 0 bridgehead atoms. The summed E-state index contributed by atoms with van der Waals surface area (Å²) in [6, 6.07) is 4.67. The average Bonchev–Trinajstić information content (AvgIpc) is 2.34. The van der Waals surface area contributed by atoms with Gasteiger partial charge in [-0.05, 0) is 12.5 Å². The molecule has 1 rings (SSSR count). The molecule has 0 aromatic heterocycles. The van der Waals surface area contributed by atoms with Gasteiger partial charge in [-0.3, -0.25) is 10.1 Å². The molecule has 0 aliphatic heterocycles. The Morgan fingerprint density at radius 1 is 1.59 bits per heavy atom. The molecular weight excluding hydrogens is 220 g/mol. The first-order chi connectivity index (χ1) is 8.19. The first-order valence-corrected chi connectivity index (χ1v) is 5.18. The zero-order valence-electron chi connectivity index (χ0n) is 9.60. The minimum atomic E-state index is -0.471. The molecule has 5 heteroatoms. The Labute approximate surface area is 99.9 Å². The molecule has 0 radical (unpaired) electrons. The molecule has 0 heterocycles. The maximum Gasteiger partial charge on any atom is 0.311 e. The summed E-state index contributed by atoms with van der Waals surface area (Å²) < 4.78 is 4.96. The number of rotatable bonds is 6. The molecule has 0 amide bonds. The summed E-state index contributed by atoms with van der Waals surface area (Å²) in [6.07, 6.45) is 6.70. The predicted molar refractivity (Wildman–Crippen MR) is 66.2 cm³/mol. The van der Waals surface area contributed by atoms with Crippen LogP contribution >= 0.6 is 0 Å². The molecule has 0 saturated carbocycles. The van der Waals surface area contributed by atoms with Crippen molar-refractivity contribution in [3.05, 3.63) is 28.3 Å². The Morgan fingerprint density at radius 3 is 2.94 bits per heavy atom. The topological polar surface area (TPSA) is 64.4 Å². The van der Waals surface area contributed by atoms with E-state index in [4.69, 9.17) is 11.2 Å². The van der Waals surface area contributed by atoms with E-state index in [1.165, 1.54) is 13.2 Å². The highest BCUT2D eigenvalue weighted by Gasteiger charge is 2.14. The van der Waals surface area contributed by atoms with Crippen molar-refractivity contribution < 1.29 is 9.66 Å². The zero-order chi connectivity index (χ0) is 12.7. The summed E-state index contributed by atoms with van der Waals surface area (Å²) >= 11 is 0. The summed E-state index contributed by atoms with van der Waals surface area (Å²) in [4.78, 5) is 10.2. The van der Waals surface area contributed by atoms with Crippen molar-refractivity contribution in [2.24, 2.45) is 0 Å². The predicted octanol–water partition coefficient (Wildman–Crippen LogP) is 2.43. The van der Waals surface area contributed by atoms with Crippen LogP contribution in [0.2, 0.25) is 0 Å². The monoisotopic (exact) mass is 234 g/mol. The van der Waals surface area contributed by atoms with Crippen LogP contribution in [0.15, 0.2) is 18.2 Å². The van der Waals surface area contributed by atoms with E-state index in [1.807, 2.05) is 0 Å². The van der Waals surface area contributed by atoms with Crippen LogP contribution in [0.5, 0.6) is 5.75 Å².